The van der Waals surface area contributed by atoms with Gasteiger partial charge < -0.3 is 10.2 Å². The van der Waals surface area contributed by atoms with Crippen molar-refractivity contribution in [1.82, 2.24) is 0 Å². The smallest absolute Gasteiger partial charge is 0.0827 e. The van der Waals surface area contributed by atoms with Crippen molar-refractivity contribution in [3.8, 4) is 0 Å². The Morgan fingerprint density at radius 3 is 2.47 bits per heavy atom. The maximum Gasteiger partial charge on any atom is 0.0827 e. The minimum absolute atomic E-state index is 0.251. The first-order valence-corrected chi connectivity index (χ1v) is 7.08. The van der Waals surface area contributed by atoms with Crippen LogP contribution < -0.4 is 0 Å². The number of hydrogen-bond acceptors (Lipinski definition) is 2. The zero-order valence-corrected chi connectivity index (χ0v) is 11.0. The molecule has 2 nitrogen and oxygen atoms in total. The summed E-state index contributed by atoms with van der Waals surface area (Å²) in [5.41, 5.74) is 1.31. The first-order valence-electron chi connectivity index (χ1n) is 7.08. The molecule has 100 valence electrons. The quantitative estimate of drug-likeness (QED) is 0.886. The van der Waals surface area contributed by atoms with Gasteiger partial charge in [-0.15, -0.1) is 0 Å². The average Bonchev–Trinajstić information content (AvgIpc) is 2.76. The Hall–Kier alpha value is -1.38. The molecule has 0 saturated heterocycles. The van der Waals surface area contributed by atoms with Gasteiger partial charge in [0.15, 0.2) is 0 Å². The fourth-order valence-electron chi connectivity index (χ4n) is 3.10. The molecule has 3 rings (SSSR count). The van der Waals surface area contributed by atoms with Crippen LogP contribution in [0.2, 0.25) is 0 Å². The molecule has 0 amide bonds. The van der Waals surface area contributed by atoms with Crippen molar-refractivity contribution < 1.29 is 10.2 Å². The van der Waals surface area contributed by atoms with Crippen molar-refractivity contribution in [3.63, 3.8) is 0 Å². The van der Waals surface area contributed by atoms with Gasteiger partial charge in [-0.05, 0) is 47.9 Å². The standard InChI is InChI=1S/C17H20O2/c18-16-10-9-14(17(16)19)8-6-12-5-7-13-3-1-2-4-15(13)11-12/h1-5,7,11,14,16-19H,6,8-10H2/t14-,16-,17+/m0/s1. The second-order valence-corrected chi connectivity index (χ2v) is 5.62. The largest absolute Gasteiger partial charge is 0.390 e. The molecular weight excluding hydrogens is 236 g/mol. The Labute approximate surface area is 113 Å². The van der Waals surface area contributed by atoms with Crippen LogP contribution in [-0.2, 0) is 6.42 Å². The van der Waals surface area contributed by atoms with Crippen LogP contribution >= 0.6 is 0 Å². The second-order valence-electron chi connectivity index (χ2n) is 5.62. The summed E-state index contributed by atoms with van der Waals surface area (Å²) in [5, 5.41) is 22.0. The van der Waals surface area contributed by atoms with Crippen molar-refractivity contribution in [2.45, 2.75) is 37.9 Å². The zero-order chi connectivity index (χ0) is 13.2. The van der Waals surface area contributed by atoms with Crippen molar-refractivity contribution >= 4 is 10.8 Å². The van der Waals surface area contributed by atoms with E-state index in [1.165, 1.54) is 16.3 Å². The number of aryl methyl sites for hydroxylation is 1. The third-order valence-corrected chi connectivity index (χ3v) is 4.33. The number of benzene rings is 2. The fourth-order valence-corrected chi connectivity index (χ4v) is 3.10. The van der Waals surface area contributed by atoms with Crippen LogP contribution in [0.3, 0.4) is 0 Å². The molecule has 0 bridgehead atoms. The lowest BCUT2D eigenvalue weighted by atomic mass is 9.95. The van der Waals surface area contributed by atoms with Crippen LogP contribution in [0.15, 0.2) is 42.5 Å². The highest BCUT2D eigenvalue weighted by molar-refractivity contribution is 5.82. The highest BCUT2D eigenvalue weighted by Gasteiger charge is 2.32. The predicted molar refractivity (Wildman–Crippen MR) is 77.0 cm³/mol. The lowest BCUT2D eigenvalue weighted by Gasteiger charge is -2.16. The van der Waals surface area contributed by atoms with Crippen LogP contribution in [0.1, 0.15) is 24.8 Å². The molecule has 1 aliphatic rings. The van der Waals surface area contributed by atoms with Gasteiger partial charge in [0.25, 0.3) is 0 Å². The van der Waals surface area contributed by atoms with Crippen molar-refractivity contribution in [2.75, 3.05) is 0 Å². The Balaban J connectivity index is 1.68. The van der Waals surface area contributed by atoms with E-state index in [0.717, 1.165) is 25.7 Å². The summed E-state index contributed by atoms with van der Waals surface area (Å²) in [6.07, 6.45) is 2.57. The molecule has 0 aliphatic heterocycles. The minimum atomic E-state index is -0.527. The molecule has 1 fully saturated rings. The molecule has 3 atom stereocenters. The maximum atomic E-state index is 9.86. The van der Waals surface area contributed by atoms with Crippen LogP contribution in [0.4, 0.5) is 0 Å². The molecule has 0 aromatic heterocycles. The Morgan fingerprint density at radius 1 is 0.947 bits per heavy atom. The number of hydrogen-bond donors (Lipinski definition) is 2. The van der Waals surface area contributed by atoms with Gasteiger partial charge >= 0.3 is 0 Å². The van der Waals surface area contributed by atoms with Gasteiger partial charge in [0.2, 0.25) is 0 Å². The molecule has 0 radical (unpaired) electrons. The van der Waals surface area contributed by atoms with E-state index in [0.29, 0.717) is 0 Å². The monoisotopic (exact) mass is 256 g/mol. The molecule has 1 saturated carbocycles. The summed E-state index contributed by atoms with van der Waals surface area (Å²) in [6.45, 7) is 0. The molecule has 0 heterocycles. The summed E-state index contributed by atoms with van der Waals surface area (Å²) >= 11 is 0. The molecule has 2 heteroatoms. The van der Waals surface area contributed by atoms with E-state index < -0.39 is 12.2 Å². The predicted octanol–water partition coefficient (Wildman–Crippen LogP) is 2.90. The second kappa shape index (κ2) is 5.32. The van der Waals surface area contributed by atoms with Crippen LogP contribution in [0.5, 0.6) is 0 Å². The molecule has 1 aliphatic carbocycles. The van der Waals surface area contributed by atoms with Crippen molar-refractivity contribution in [1.29, 1.82) is 0 Å². The van der Waals surface area contributed by atoms with E-state index in [9.17, 15) is 10.2 Å². The van der Waals surface area contributed by atoms with Crippen molar-refractivity contribution in [3.05, 3.63) is 48.0 Å². The Bertz CT molecular complexity index is 564. The van der Waals surface area contributed by atoms with E-state index in [1.807, 2.05) is 0 Å². The zero-order valence-electron chi connectivity index (χ0n) is 11.0. The van der Waals surface area contributed by atoms with Gasteiger partial charge in [0.1, 0.15) is 0 Å². The summed E-state index contributed by atoms with van der Waals surface area (Å²) in [7, 11) is 0. The average molecular weight is 256 g/mol. The highest BCUT2D eigenvalue weighted by atomic mass is 16.3. The van der Waals surface area contributed by atoms with E-state index in [4.69, 9.17) is 0 Å². The Kier molecular flexibility index (Phi) is 3.54. The molecule has 2 aromatic carbocycles. The molecule has 0 unspecified atom stereocenters. The van der Waals surface area contributed by atoms with Crippen LogP contribution in [-0.4, -0.2) is 22.4 Å². The number of fused-ring (bicyclic) bond motifs is 1. The van der Waals surface area contributed by atoms with Gasteiger partial charge in [-0.3, -0.25) is 0 Å². The van der Waals surface area contributed by atoms with Gasteiger partial charge in [0, 0.05) is 0 Å². The fraction of sp³-hybridized carbons (Fsp3) is 0.412. The van der Waals surface area contributed by atoms with Gasteiger partial charge in [-0.25, -0.2) is 0 Å². The summed E-state index contributed by atoms with van der Waals surface area (Å²) in [4.78, 5) is 0. The third kappa shape index (κ3) is 2.65. The first kappa shape index (κ1) is 12.6. The number of aliphatic hydroxyl groups is 2. The lowest BCUT2D eigenvalue weighted by Crippen LogP contribution is -2.25. The van der Waals surface area contributed by atoms with E-state index in [2.05, 4.69) is 42.5 Å². The Morgan fingerprint density at radius 2 is 1.74 bits per heavy atom. The molecule has 0 spiro atoms. The summed E-state index contributed by atoms with van der Waals surface area (Å²) in [6, 6.07) is 14.9. The van der Waals surface area contributed by atoms with E-state index >= 15 is 0 Å². The molecule has 2 N–H and O–H groups in total. The minimum Gasteiger partial charge on any atom is -0.390 e. The maximum absolute atomic E-state index is 9.86. The van der Waals surface area contributed by atoms with Crippen molar-refractivity contribution in [2.24, 2.45) is 5.92 Å². The highest BCUT2D eigenvalue weighted by Crippen LogP contribution is 2.30. The van der Waals surface area contributed by atoms with E-state index in [1.54, 1.807) is 0 Å². The topological polar surface area (TPSA) is 40.5 Å². The van der Waals surface area contributed by atoms with E-state index in [-0.39, 0.29) is 5.92 Å². The van der Waals surface area contributed by atoms with Gasteiger partial charge in [-0.1, -0.05) is 42.5 Å². The van der Waals surface area contributed by atoms with Crippen LogP contribution in [0, 0.1) is 5.92 Å². The molecular formula is C17H20O2. The first-order chi connectivity index (χ1) is 9.24. The molecule has 2 aromatic rings. The summed E-state index contributed by atoms with van der Waals surface area (Å²) in [5.74, 6) is 0.251. The number of rotatable bonds is 3. The lowest BCUT2D eigenvalue weighted by molar-refractivity contribution is 0.0189. The third-order valence-electron chi connectivity index (χ3n) is 4.33. The van der Waals surface area contributed by atoms with Gasteiger partial charge in [-0.2, -0.15) is 0 Å². The summed E-state index contributed by atoms with van der Waals surface area (Å²) < 4.78 is 0. The SMILES string of the molecule is O[C@@H]1[C@@H](CCc2ccc3ccccc3c2)CC[C@@H]1O. The molecule has 19 heavy (non-hydrogen) atoms. The van der Waals surface area contributed by atoms with Crippen LogP contribution in [0.25, 0.3) is 10.8 Å². The normalized spacial score (nSPS) is 26.9. The number of aliphatic hydroxyl groups excluding tert-OH is 2. The van der Waals surface area contributed by atoms with Gasteiger partial charge in [0.05, 0.1) is 12.2 Å².